The van der Waals surface area contributed by atoms with Gasteiger partial charge in [-0.25, -0.2) is 13.4 Å². The summed E-state index contributed by atoms with van der Waals surface area (Å²) in [5.74, 6) is -0.543. The minimum Gasteiger partial charge on any atom is -0.370 e. The van der Waals surface area contributed by atoms with E-state index in [2.05, 4.69) is 32.0 Å². The number of hydrogen-bond acceptors (Lipinski definition) is 7. The summed E-state index contributed by atoms with van der Waals surface area (Å²) >= 11 is 5.64. The minimum absolute atomic E-state index is 0.0647. The Bertz CT molecular complexity index is 872. The van der Waals surface area contributed by atoms with Crippen molar-refractivity contribution in [2.24, 2.45) is 5.73 Å². The molecule has 7 nitrogen and oxygen atoms in total. The lowest BCUT2D eigenvalue weighted by Crippen LogP contribution is -2.04. The van der Waals surface area contributed by atoms with Gasteiger partial charge in [-0.1, -0.05) is 11.3 Å². The number of amides is 2. The van der Waals surface area contributed by atoms with E-state index in [4.69, 9.17) is 10.7 Å². The molecule has 2 heterocycles. The van der Waals surface area contributed by atoms with Gasteiger partial charge in [-0.2, -0.15) is 0 Å². The molecule has 0 spiro atoms. The van der Waals surface area contributed by atoms with Crippen molar-refractivity contribution in [3.05, 3.63) is 15.5 Å². The molecule has 12 heteroatoms. The van der Waals surface area contributed by atoms with Crippen LogP contribution in [0.25, 0.3) is 10.4 Å². The highest BCUT2D eigenvalue weighted by molar-refractivity contribution is 9.11. The maximum atomic E-state index is 11.4. The molecule has 0 saturated carbocycles. The second-order valence-electron chi connectivity index (χ2n) is 4.42. The van der Waals surface area contributed by atoms with Crippen LogP contribution in [0, 0.1) is 6.92 Å². The Morgan fingerprint density at radius 2 is 1.88 bits per heavy atom. The average molecular weight is 475 g/mol. The number of hydrogen-bond donors (Lipinski definition) is 2. The molecule has 2 amide bonds. The van der Waals surface area contributed by atoms with E-state index in [0.717, 1.165) is 16.2 Å². The van der Waals surface area contributed by atoms with Crippen molar-refractivity contribution in [2.75, 3.05) is 5.32 Å². The standard InChI is InChI=1S/C10H8BrClN2O3S3.C2H5NO/c1-4-8(19-10(13-4)14-5(2)15)6-3-7(18-9(6)11)20(12,16)17;1-2(3)4/h3H,1-2H3,(H,13,14,15);1H3,(H2,3,4). The van der Waals surface area contributed by atoms with Crippen LogP contribution in [0.1, 0.15) is 19.5 Å². The fourth-order valence-corrected chi connectivity index (χ4v) is 5.81. The molecule has 0 fully saturated rings. The SMILES string of the molecule is CC(=O)Nc1nc(C)c(-c2cc(S(=O)(=O)Cl)sc2Br)s1.CC(N)=O. The van der Waals surface area contributed by atoms with E-state index in [1.807, 2.05) is 0 Å². The summed E-state index contributed by atoms with van der Waals surface area (Å²) in [5.41, 5.74) is 5.87. The minimum atomic E-state index is -3.76. The third-order valence-corrected chi connectivity index (χ3v) is 7.25. The van der Waals surface area contributed by atoms with Crippen LogP contribution in [0.3, 0.4) is 0 Å². The van der Waals surface area contributed by atoms with E-state index >= 15 is 0 Å². The van der Waals surface area contributed by atoms with Gasteiger partial charge in [0.05, 0.1) is 14.4 Å². The fraction of sp³-hybridized carbons (Fsp3) is 0.250. The lowest BCUT2D eigenvalue weighted by atomic mass is 10.2. The lowest BCUT2D eigenvalue weighted by molar-refractivity contribution is -0.116. The molecular weight excluding hydrogens is 462 g/mol. The number of aromatic nitrogens is 1. The van der Waals surface area contributed by atoms with Gasteiger partial charge >= 0.3 is 0 Å². The first-order valence-corrected chi connectivity index (χ1v) is 10.9. The number of thiophene rings is 1. The van der Waals surface area contributed by atoms with Crippen molar-refractivity contribution in [1.82, 2.24) is 4.98 Å². The van der Waals surface area contributed by atoms with E-state index in [9.17, 15) is 18.0 Å². The summed E-state index contributed by atoms with van der Waals surface area (Å²) in [5, 5.41) is 3.08. The van der Waals surface area contributed by atoms with Crippen molar-refractivity contribution in [3.63, 3.8) is 0 Å². The summed E-state index contributed by atoms with van der Waals surface area (Å²) in [4.78, 5) is 25.3. The third kappa shape index (κ3) is 6.13. The van der Waals surface area contributed by atoms with Crippen LogP contribution >= 0.6 is 49.3 Å². The second kappa shape index (κ2) is 8.39. The van der Waals surface area contributed by atoms with Gasteiger partial charge in [-0.05, 0) is 28.9 Å². The molecule has 24 heavy (non-hydrogen) atoms. The molecule has 2 rings (SSSR count). The van der Waals surface area contributed by atoms with E-state index in [0.29, 0.717) is 20.2 Å². The molecule has 2 aromatic heterocycles. The Morgan fingerprint density at radius 3 is 2.29 bits per heavy atom. The van der Waals surface area contributed by atoms with Gasteiger partial charge in [0.2, 0.25) is 11.8 Å². The summed E-state index contributed by atoms with van der Waals surface area (Å²) in [7, 11) is 1.58. The number of aryl methyl sites for hydroxylation is 1. The Morgan fingerprint density at radius 1 is 1.33 bits per heavy atom. The highest BCUT2D eigenvalue weighted by Gasteiger charge is 2.21. The number of rotatable bonds is 3. The predicted octanol–water partition coefficient (Wildman–Crippen LogP) is 3.32. The number of nitrogens with one attached hydrogen (secondary N) is 1. The Balaban J connectivity index is 0.000000648. The van der Waals surface area contributed by atoms with E-state index in [1.54, 1.807) is 6.92 Å². The second-order valence-corrected chi connectivity index (χ2v) is 10.6. The molecular formula is C12H13BrClN3O4S3. The van der Waals surface area contributed by atoms with Gasteiger partial charge in [0.15, 0.2) is 5.13 Å². The quantitative estimate of drug-likeness (QED) is 0.661. The number of primary amides is 1. The van der Waals surface area contributed by atoms with Crippen molar-refractivity contribution >= 4 is 75.3 Å². The largest absolute Gasteiger partial charge is 0.370 e. The first-order valence-electron chi connectivity index (χ1n) is 6.17. The molecule has 0 aliphatic carbocycles. The zero-order valence-electron chi connectivity index (χ0n) is 12.7. The highest BCUT2D eigenvalue weighted by Crippen LogP contribution is 2.43. The zero-order chi connectivity index (χ0) is 18.7. The lowest BCUT2D eigenvalue weighted by Gasteiger charge is -1.94. The van der Waals surface area contributed by atoms with E-state index in [-0.39, 0.29) is 16.0 Å². The third-order valence-electron chi connectivity index (χ3n) is 2.23. The Kier molecular flexibility index (Phi) is 7.35. The van der Waals surface area contributed by atoms with Gasteiger partial charge < -0.3 is 11.1 Å². The molecule has 0 aliphatic heterocycles. The number of nitrogens with zero attached hydrogens (tertiary/aromatic N) is 1. The smallest absolute Gasteiger partial charge is 0.270 e. The highest BCUT2D eigenvalue weighted by atomic mass is 79.9. The van der Waals surface area contributed by atoms with Crippen LogP contribution in [0.15, 0.2) is 14.1 Å². The van der Waals surface area contributed by atoms with Gasteiger partial charge in [0, 0.05) is 30.1 Å². The van der Waals surface area contributed by atoms with Gasteiger partial charge in [0.25, 0.3) is 9.05 Å². The molecule has 0 radical (unpaired) electrons. The van der Waals surface area contributed by atoms with Crippen molar-refractivity contribution in [1.29, 1.82) is 0 Å². The van der Waals surface area contributed by atoms with Crippen LogP contribution in [0.2, 0.25) is 0 Å². The summed E-state index contributed by atoms with van der Waals surface area (Å²) < 4.78 is 23.4. The number of thiazole rings is 1. The number of halogens is 2. The molecule has 3 N–H and O–H groups in total. The van der Waals surface area contributed by atoms with Gasteiger partial charge in [-0.15, -0.1) is 11.3 Å². The summed E-state index contributed by atoms with van der Waals surface area (Å²) in [6.45, 7) is 4.49. The molecule has 0 bridgehead atoms. The van der Waals surface area contributed by atoms with Gasteiger partial charge in [0.1, 0.15) is 4.21 Å². The number of carbonyl (C=O) groups is 2. The van der Waals surface area contributed by atoms with Crippen LogP contribution in [-0.2, 0) is 18.6 Å². The fourth-order valence-electron chi connectivity index (χ4n) is 1.47. The van der Waals surface area contributed by atoms with Crippen molar-refractivity contribution in [3.8, 4) is 10.4 Å². The molecule has 0 aromatic carbocycles. The zero-order valence-corrected chi connectivity index (χ0v) is 17.5. The molecule has 0 aliphatic rings. The normalized spacial score (nSPS) is 10.7. The molecule has 0 unspecified atom stereocenters. The van der Waals surface area contributed by atoms with Crippen LogP contribution in [0.4, 0.5) is 5.13 Å². The molecule has 0 saturated heterocycles. The number of carbonyl (C=O) groups excluding carboxylic acids is 2. The predicted molar refractivity (Wildman–Crippen MR) is 100 cm³/mol. The molecule has 0 atom stereocenters. The first-order chi connectivity index (χ1) is 10.9. The van der Waals surface area contributed by atoms with Crippen molar-refractivity contribution < 1.29 is 18.0 Å². The molecule has 132 valence electrons. The van der Waals surface area contributed by atoms with Crippen LogP contribution in [0.5, 0.6) is 0 Å². The van der Waals surface area contributed by atoms with Crippen LogP contribution < -0.4 is 11.1 Å². The summed E-state index contributed by atoms with van der Waals surface area (Å²) in [6, 6.07) is 1.50. The monoisotopic (exact) mass is 473 g/mol. The number of nitrogens with two attached hydrogens (primary N) is 1. The average Bonchev–Trinajstić information content (AvgIpc) is 2.90. The van der Waals surface area contributed by atoms with Gasteiger partial charge in [-0.3, -0.25) is 9.59 Å². The number of anilines is 1. The Labute approximate surface area is 159 Å². The summed E-state index contributed by atoms with van der Waals surface area (Å²) in [6.07, 6.45) is 0. The van der Waals surface area contributed by atoms with E-state index < -0.39 is 9.05 Å². The topological polar surface area (TPSA) is 119 Å². The Hall–Kier alpha value is -1.01. The van der Waals surface area contributed by atoms with E-state index in [1.165, 1.54) is 31.3 Å². The maximum Gasteiger partial charge on any atom is 0.270 e. The molecule has 2 aromatic rings. The van der Waals surface area contributed by atoms with Crippen molar-refractivity contribution in [2.45, 2.75) is 25.0 Å². The first kappa shape index (κ1) is 21.0. The maximum absolute atomic E-state index is 11.4. The van der Waals surface area contributed by atoms with Crippen LogP contribution in [-0.4, -0.2) is 25.2 Å².